The van der Waals surface area contributed by atoms with Crippen LogP contribution < -0.4 is 15.5 Å². The second-order valence-corrected chi connectivity index (χ2v) is 6.17. The van der Waals surface area contributed by atoms with Crippen LogP contribution in [0.15, 0.2) is 18.5 Å². The van der Waals surface area contributed by atoms with E-state index in [1.54, 1.807) is 12.4 Å². The molecule has 2 saturated heterocycles. The van der Waals surface area contributed by atoms with E-state index < -0.39 is 0 Å². The van der Waals surface area contributed by atoms with E-state index in [-0.39, 0.29) is 11.9 Å². The number of nitrogens with zero attached hydrogens (tertiary/aromatic N) is 4. The Hall–Kier alpha value is -1.73. The molecule has 2 aliphatic heterocycles. The first kappa shape index (κ1) is 16.1. The minimum Gasteiger partial charge on any atom is -0.353 e. The molecule has 0 bridgehead atoms. The topological polar surface area (TPSA) is 73.4 Å². The highest BCUT2D eigenvalue weighted by Crippen LogP contribution is 2.09. The fraction of sp³-hybridized carbons (Fsp3) is 0.688. The third-order valence-electron chi connectivity index (χ3n) is 4.56. The maximum atomic E-state index is 12.1. The molecule has 1 atom stereocenters. The number of piperazine rings is 1. The van der Waals surface area contributed by atoms with Crippen molar-refractivity contribution in [2.24, 2.45) is 0 Å². The molecule has 1 amide bonds. The first-order chi connectivity index (χ1) is 11.3. The Bertz CT molecular complexity index is 483. The van der Waals surface area contributed by atoms with Crippen LogP contribution in [0.4, 0.5) is 5.95 Å². The zero-order valence-electron chi connectivity index (χ0n) is 13.6. The Balaban J connectivity index is 1.34. The molecule has 7 heteroatoms. The van der Waals surface area contributed by atoms with Gasteiger partial charge in [0, 0.05) is 51.7 Å². The van der Waals surface area contributed by atoms with Crippen LogP contribution in [-0.2, 0) is 4.79 Å². The number of piperidine rings is 1. The summed E-state index contributed by atoms with van der Waals surface area (Å²) in [5, 5.41) is 6.35. The molecule has 23 heavy (non-hydrogen) atoms. The lowest BCUT2D eigenvalue weighted by molar-refractivity contribution is -0.123. The number of aromatic nitrogens is 2. The first-order valence-corrected chi connectivity index (χ1v) is 8.58. The van der Waals surface area contributed by atoms with Crippen LogP contribution in [0.2, 0.25) is 0 Å². The van der Waals surface area contributed by atoms with Gasteiger partial charge >= 0.3 is 0 Å². The molecule has 0 saturated carbocycles. The van der Waals surface area contributed by atoms with Gasteiger partial charge in [0.15, 0.2) is 0 Å². The van der Waals surface area contributed by atoms with E-state index in [0.717, 1.165) is 64.6 Å². The highest BCUT2D eigenvalue weighted by atomic mass is 16.2. The van der Waals surface area contributed by atoms with E-state index in [2.05, 4.69) is 30.4 Å². The molecule has 1 aromatic rings. The van der Waals surface area contributed by atoms with Gasteiger partial charge in [0.25, 0.3) is 0 Å². The van der Waals surface area contributed by atoms with Crippen molar-refractivity contribution >= 4 is 11.9 Å². The molecule has 126 valence electrons. The van der Waals surface area contributed by atoms with Gasteiger partial charge in [0.2, 0.25) is 11.9 Å². The van der Waals surface area contributed by atoms with E-state index in [1.807, 2.05) is 6.07 Å². The second kappa shape index (κ2) is 8.21. The van der Waals surface area contributed by atoms with Crippen molar-refractivity contribution < 1.29 is 4.79 Å². The molecule has 3 rings (SSSR count). The van der Waals surface area contributed by atoms with Crippen molar-refractivity contribution in [2.45, 2.75) is 25.3 Å². The maximum Gasteiger partial charge on any atom is 0.237 e. The number of carbonyl (C=O) groups is 1. The summed E-state index contributed by atoms with van der Waals surface area (Å²) in [6.45, 7) is 6.41. The molecule has 0 radical (unpaired) electrons. The summed E-state index contributed by atoms with van der Waals surface area (Å²) in [5.74, 6) is 0.963. The van der Waals surface area contributed by atoms with Gasteiger partial charge in [0.1, 0.15) is 0 Å². The third kappa shape index (κ3) is 4.62. The second-order valence-electron chi connectivity index (χ2n) is 6.17. The molecule has 7 nitrogen and oxygen atoms in total. The van der Waals surface area contributed by atoms with Crippen molar-refractivity contribution in [2.75, 3.05) is 50.7 Å². The highest BCUT2D eigenvalue weighted by Gasteiger charge is 2.21. The van der Waals surface area contributed by atoms with Crippen molar-refractivity contribution in [3.8, 4) is 0 Å². The Morgan fingerprint density at radius 2 is 2.00 bits per heavy atom. The summed E-state index contributed by atoms with van der Waals surface area (Å²) < 4.78 is 0. The van der Waals surface area contributed by atoms with Gasteiger partial charge in [-0.1, -0.05) is 6.42 Å². The number of nitrogens with one attached hydrogen (secondary N) is 2. The van der Waals surface area contributed by atoms with Crippen LogP contribution in [0.3, 0.4) is 0 Å². The normalized spacial score (nSPS) is 22.8. The Labute approximate surface area is 137 Å². The number of hydrogen-bond donors (Lipinski definition) is 2. The van der Waals surface area contributed by atoms with E-state index in [1.165, 1.54) is 6.42 Å². The van der Waals surface area contributed by atoms with Crippen LogP contribution in [0, 0.1) is 0 Å². The number of anilines is 1. The number of hydrogen-bond acceptors (Lipinski definition) is 6. The molecule has 0 spiro atoms. The van der Waals surface area contributed by atoms with Crippen molar-refractivity contribution in [3.05, 3.63) is 18.5 Å². The smallest absolute Gasteiger partial charge is 0.237 e. The molecule has 3 heterocycles. The minimum absolute atomic E-state index is 0.0100. The molecule has 1 aromatic heterocycles. The molecule has 2 fully saturated rings. The van der Waals surface area contributed by atoms with E-state index in [9.17, 15) is 4.79 Å². The van der Waals surface area contributed by atoms with E-state index in [4.69, 9.17) is 0 Å². The monoisotopic (exact) mass is 318 g/mol. The fourth-order valence-electron chi connectivity index (χ4n) is 3.16. The number of amides is 1. The van der Waals surface area contributed by atoms with E-state index >= 15 is 0 Å². The zero-order valence-corrected chi connectivity index (χ0v) is 13.6. The lowest BCUT2D eigenvalue weighted by atomic mass is 10.0. The average molecular weight is 318 g/mol. The molecule has 2 N–H and O–H groups in total. The predicted octanol–water partition coefficient (Wildman–Crippen LogP) is -0.143. The summed E-state index contributed by atoms with van der Waals surface area (Å²) in [4.78, 5) is 25.2. The Morgan fingerprint density at radius 3 is 2.70 bits per heavy atom. The standard InChI is InChI=1S/C16H26N6O/c23-15(14-4-1-2-5-17-14)18-8-9-21-10-12-22(13-11-21)16-19-6-3-7-20-16/h3,6-7,14,17H,1-2,4-5,8-13H2,(H,18,23)/t14-/m1/s1. The predicted molar refractivity (Wildman–Crippen MR) is 89.3 cm³/mol. The average Bonchev–Trinajstić information content (AvgIpc) is 2.64. The van der Waals surface area contributed by atoms with Crippen molar-refractivity contribution in [1.82, 2.24) is 25.5 Å². The SMILES string of the molecule is O=C(NCCN1CCN(c2ncccn2)CC1)[C@H]1CCCCN1. The molecular formula is C16H26N6O. The largest absolute Gasteiger partial charge is 0.353 e. The summed E-state index contributed by atoms with van der Waals surface area (Å²) >= 11 is 0. The van der Waals surface area contributed by atoms with Crippen LogP contribution in [0.1, 0.15) is 19.3 Å². The first-order valence-electron chi connectivity index (χ1n) is 8.58. The molecule has 0 unspecified atom stereocenters. The summed E-state index contributed by atoms with van der Waals surface area (Å²) in [5.41, 5.74) is 0. The maximum absolute atomic E-state index is 12.1. The van der Waals surface area contributed by atoms with Gasteiger partial charge < -0.3 is 15.5 Å². The van der Waals surface area contributed by atoms with Crippen molar-refractivity contribution in [3.63, 3.8) is 0 Å². The Kier molecular flexibility index (Phi) is 5.76. The minimum atomic E-state index is 0.0100. The van der Waals surface area contributed by atoms with Gasteiger partial charge in [-0.25, -0.2) is 9.97 Å². The van der Waals surface area contributed by atoms with Crippen molar-refractivity contribution in [1.29, 1.82) is 0 Å². The van der Waals surface area contributed by atoms with E-state index in [0.29, 0.717) is 0 Å². The van der Waals surface area contributed by atoms with Gasteiger partial charge in [-0.05, 0) is 25.5 Å². The number of carbonyl (C=O) groups excluding carboxylic acids is 1. The van der Waals surface area contributed by atoms with Crippen LogP contribution in [0.5, 0.6) is 0 Å². The van der Waals surface area contributed by atoms with Crippen LogP contribution in [0.25, 0.3) is 0 Å². The molecule has 0 aliphatic carbocycles. The number of rotatable bonds is 5. The lowest BCUT2D eigenvalue weighted by Crippen LogP contribution is -2.51. The zero-order chi connectivity index (χ0) is 15.9. The van der Waals surface area contributed by atoms with Gasteiger partial charge in [-0.2, -0.15) is 0 Å². The van der Waals surface area contributed by atoms with Gasteiger partial charge in [-0.3, -0.25) is 9.69 Å². The molecule has 0 aromatic carbocycles. The summed E-state index contributed by atoms with van der Waals surface area (Å²) in [6.07, 6.45) is 6.85. The fourth-order valence-corrected chi connectivity index (χ4v) is 3.16. The highest BCUT2D eigenvalue weighted by molar-refractivity contribution is 5.81. The third-order valence-corrected chi connectivity index (χ3v) is 4.56. The lowest BCUT2D eigenvalue weighted by Gasteiger charge is -2.34. The summed E-state index contributed by atoms with van der Waals surface area (Å²) in [7, 11) is 0. The van der Waals surface area contributed by atoms with Crippen LogP contribution in [-0.4, -0.2) is 72.6 Å². The van der Waals surface area contributed by atoms with Crippen LogP contribution >= 0.6 is 0 Å². The molecular weight excluding hydrogens is 292 g/mol. The molecule has 2 aliphatic rings. The summed E-state index contributed by atoms with van der Waals surface area (Å²) in [6, 6.07) is 1.85. The Morgan fingerprint density at radius 1 is 1.22 bits per heavy atom. The van der Waals surface area contributed by atoms with Gasteiger partial charge in [0.05, 0.1) is 6.04 Å². The van der Waals surface area contributed by atoms with Gasteiger partial charge in [-0.15, -0.1) is 0 Å². The quantitative estimate of drug-likeness (QED) is 0.787.